The molecule has 0 atom stereocenters. The SMILES string of the molecule is Cn1ccnc1CNCc1ccc(O)cn1. The summed E-state index contributed by atoms with van der Waals surface area (Å²) < 4.78 is 1.97. The molecule has 2 aromatic heterocycles. The zero-order valence-electron chi connectivity index (χ0n) is 9.09. The lowest BCUT2D eigenvalue weighted by Gasteiger charge is -2.04. The molecule has 0 spiro atoms. The molecule has 0 radical (unpaired) electrons. The molecule has 0 amide bonds. The van der Waals surface area contributed by atoms with Crippen LogP contribution in [0.25, 0.3) is 0 Å². The van der Waals surface area contributed by atoms with Crippen molar-refractivity contribution in [2.45, 2.75) is 13.1 Å². The molecule has 0 aliphatic heterocycles. The Labute approximate surface area is 93.8 Å². The summed E-state index contributed by atoms with van der Waals surface area (Å²) in [6, 6.07) is 3.42. The minimum Gasteiger partial charge on any atom is -0.506 e. The lowest BCUT2D eigenvalue weighted by Crippen LogP contribution is -2.16. The zero-order chi connectivity index (χ0) is 11.4. The molecular formula is C11H14N4O. The fraction of sp³-hybridized carbons (Fsp3) is 0.273. The first kappa shape index (κ1) is 10.6. The van der Waals surface area contributed by atoms with Gasteiger partial charge in [0.25, 0.3) is 0 Å². The van der Waals surface area contributed by atoms with Gasteiger partial charge in [-0.3, -0.25) is 4.98 Å². The molecule has 0 aromatic carbocycles. The second kappa shape index (κ2) is 4.76. The molecule has 5 nitrogen and oxygen atoms in total. The lowest BCUT2D eigenvalue weighted by molar-refractivity contribution is 0.471. The summed E-state index contributed by atoms with van der Waals surface area (Å²) in [7, 11) is 1.96. The molecule has 2 heterocycles. The van der Waals surface area contributed by atoms with Crippen LogP contribution >= 0.6 is 0 Å². The van der Waals surface area contributed by atoms with E-state index >= 15 is 0 Å². The molecule has 16 heavy (non-hydrogen) atoms. The van der Waals surface area contributed by atoms with Gasteiger partial charge in [0.2, 0.25) is 0 Å². The highest BCUT2D eigenvalue weighted by molar-refractivity contribution is 5.17. The van der Waals surface area contributed by atoms with Gasteiger partial charge in [-0.15, -0.1) is 0 Å². The lowest BCUT2D eigenvalue weighted by atomic mass is 10.3. The smallest absolute Gasteiger partial charge is 0.133 e. The van der Waals surface area contributed by atoms with Gasteiger partial charge >= 0.3 is 0 Å². The topological polar surface area (TPSA) is 63.0 Å². The summed E-state index contributed by atoms with van der Waals surface area (Å²) in [5.74, 6) is 1.17. The Hall–Kier alpha value is -1.88. The maximum Gasteiger partial charge on any atom is 0.133 e. The van der Waals surface area contributed by atoms with E-state index < -0.39 is 0 Å². The first-order valence-electron chi connectivity index (χ1n) is 5.06. The molecular weight excluding hydrogens is 204 g/mol. The van der Waals surface area contributed by atoms with Crippen molar-refractivity contribution in [2.24, 2.45) is 7.05 Å². The molecule has 0 aliphatic rings. The van der Waals surface area contributed by atoms with Crippen LogP contribution in [0.1, 0.15) is 11.5 Å². The summed E-state index contributed by atoms with van der Waals surface area (Å²) in [4.78, 5) is 8.28. The van der Waals surface area contributed by atoms with Crippen molar-refractivity contribution < 1.29 is 5.11 Å². The Bertz CT molecular complexity index is 449. The van der Waals surface area contributed by atoms with Crippen LogP contribution in [-0.4, -0.2) is 19.6 Å². The fourth-order valence-electron chi connectivity index (χ4n) is 1.39. The van der Waals surface area contributed by atoms with Crippen LogP contribution in [0.5, 0.6) is 5.75 Å². The van der Waals surface area contributed by atoms with Crippen LogP contribution < -0.4 is 5.32 Å². The number of pyridine rings is 1. The Morgan fingerprint density at radius 1 is 1.31 bits per heavy atom. The third kappa shape index (κ3) is 2.58. The van der Waals surface area contributed by atoms with Crippen LogP contribution in [0, 0.1) is 0 Å². The molecule has 5 heteroatoms. The van der Waals surface area contributed by atoms with Gasteiger partial charge in [-0.25, -0.2) is 4.98 Å². The number of hydrogen-bond donors (Lipinski definition) is 2. The maximum atomic E-state index is 9.07. The highest BCUT2D eigenvalue weighted by Crippen LogP contribution is 2.05. The van der Waals surface area contributed by atoms with E-state index in [9.17, 15) is 0 Å². The highest BCUT2D eigenvalue weighted by atomic mass is 16.3. The first-order valence-corrected chi connectivity index (χ1v) is 5.06. The Morgan fingerprint density at radius 3 is 2.81 bits per heavy atom. The molecule has 2 aromatic rings. The van der Waals surface area contributed by atoms with Crippen molar-refractivity contribution in [1.29, 1.82) is 0 Å². The summed E-state index contributed by atoms with van der Waals surface area (Å²) in [6.07, 6.45) is 5.13. The van der Waals surface area contributed by atoms with Gasteiger partial charge < -0.3 is 15.0 Å². The third-order valence-electron chi connectivity index (χ3n) is 2.32. The van der Waals surface area contributed by atoms with Gasteiger partial charge in [-0.1, -0.05) is 0 Å². The maximum absolute atomic E-state index is 9.07. The van der Waals surface area contributed by atoms with Gasteiger partial charge in [-0.2, -0.15) is 0 Å². The quantitative estimate of drug-likeness (QED) is 0.797. The number of imidazole rings is 1. The molecule has 0 unspecified atom stereocenters. The number of aromatic hydroxyl groups is 1. The van der Waals surface area contributed by atoms with Crippen LogP contribution in [0.4, 0.5) is 0 Å². The average molecular weight is 218 g/mol. The number of nitrogens with zero attached hydrogens (tertiary/aromatic N) is 3. The Morgan fingerprint density at radius 2 is 2.19 bits per heavy atom. The number of aryl methyl sites for hydroxylation is 1. The van der Waals surface area contributed by atoms with Crippen molar-refractivity contribution >= 4 is 0 Å². The van der Waals surface area contributed by atoms with Crippen molar-refractivity contribution in [1.82, 2.24) is 19.9 Å². The average Bonchev–Trinajstić information content (AvgIpc) is 2.68. The summed E-state index contributed by atoms with van der Waals surface area (Å²) in [5.41, 5.74) is 0.895. The van der Waals surface area contributed by atoms with E-state index in [0.29, 0.717) is 13.1 Å². The van der Waals surface area contributed by atoms with E-state index in [0.717, 1.165) is 11.5 Å². The Balaban J connectivity index is 1.84. The fourth-order valence-corrected chi connectivity index (χ4v) is 1.39. The van der Waals surface area contributed by atoms with Crippen LogP contribution in [0.3, 0.4) is 0 Å². The molecule has 0 aliphatic carbocycles. The number of hydrogen-bond acceptors (Lipinski definition) is 4. The van der Waals surface area contributed by atoms with Gasteiger partial charge in [0.1, 0.15) is 11.6 Å². The van der Waals surface area contributed by atoms with E-state index in [1.807, 2.05) is 17.8 Å². The first-order chi connectivity index (χ1) is 7.75. The largest absolute Gasteiger partial charge is 0.506 e. The minimum absolute atomic E-state index is 0.188. The third-order valence-corrected chi connectivity index (χ3v) is 2.32. The summed E-state index contributed by atoms with van der Waals surface area (Å²) >= 11 is 0. The monoisotopic (exact) mass is 218 g/mol. The standard InChI is InChI=1S/C11H14N4O/c1-15-5-4-13-11(15)8-12-6-9-2-3-10(16)7-14-9/h2-5,7,12,16H,6,8H2,1H3. The molecule has 0 bridgehead atoms. The normalized spacial score (nSPS) is 10.6. The van der Waals surface area contributed by atoms with Gasteiger partial charge in [0.05, 0.1) is 18.4 Å². The predicted molar refractivity (Wildman–Crippen MR) is 59.7 cm³/mol. The second-order valence-electron chi connectivity index (χ2n) is 3.57. The van der Waals surface area contributed by atoms with Crippen LogP contribution in [0.2, 0.25) is 0 Å². The zero-order valence-corrected chi connectivity index (χ0v) is 9.09. The molecule has 0 saturated carbocycles. The summed E-state index contributed by atoms with van der Waals surface area (Å²) in [6.45, 7) is 1.36. The Kier molecular flexibility index (Phi) is 3.16. The van der Waals surface area contributed by atoms with Crippen molar-refractivity contribution in [2.75, 3.05) is 0 Å². The van der Waals surface area contributed by atoms with Gasteiger partial charge in [-0.05, 0) is 12.1 Å². The van der Waals surface area contributed by atoms with Crippen LogP contribution in [-0.2, 0) is 20.1 Å². The highest BCUT2D eigenvalue weighted by Gasteiger charge is 1.99. The van der Waals surface area contributed by atoms with E-state index in [-0.39, 0.29) is 5.75 Å². The molecule has 2 N–H and O–H groups in total. The second-order valence-corrected chi connectivity index (χ2v) is 3.57. The molecule has 84 valence electrons. The van der Waals surface area contributed by atoms with Crippen LogP contribution in [0.15, 0.2) is 30.7 Å². The molecule has 2 rings (SSSR count). The number of rotatable bonds is 4. The molecule has 0 fully saturated rings. The van der Waals surface area contributed by atoms with E-state index in [1.165, 1.54) is 6.20 Å². The number of aromatic nitrogens is 3. The van der Waals surface area contributed by atoms with E-state index in [1.54, 1.807) is 18.3 Å². The van der Waals surface area contributed by atoms with E-state index in [4.69, 9.17) is 5.11 Å². The van der Waals surface area contributed by atoms with Gasteiger partial charge in [0, 0.05) is 26.0 Å². The van der Waals surface area contributed by atoms with Gasteiger partial charge in [0.15, 0.2) is 0 Å². The minimum atomic E-state index is 0.188. The van der Waals surface area contributed by atoms with Crippen molar-refractivity contribution in [3.63, 3.8) is 0 Å². The van der Waals surface area contributed by atoms with Crippen molar-refractivity contribution in [3.05, 3.63) is 42.2 Å². The number of nitrogens with one attached hydrogen (secondary N) is 1. The predicted octanol–water partition coefficient (Wildman–Crippen LogP) is 0.810. The van der Waals surface area contributed by atoms with E-state index in [2.05, 4.69) is 15.3 Å². The van der Waals surface area contributed by atoms with Crippen molar-refractivity contribution in [3.8, 4) is 5.75 Å². The summed E-state index contributed by atoms with van der Waals surface area (Å²) in [5, 5.41) is 12.3. The molecule has 0 saturated heterocycles.